The van der Waals surface area contributed by atoms with E-state index in [1.54, 1.807) is 0 Å². The van der Waals surface area contributed by atoms with Gasteiger partial charge in [0.2, 0.25) is 82.7 Å². The summed E-state index contributed by atoms with van der Waals surface area (Å²) in [6.07, 6.45) is 0. The maximum Gasteiger partial charge on any atom is 0.323 e. The summed E-state index contributed by atoms with van der Waals surface area (Å²) in [6, 6.07) is 0. The Kier molecular flexibility index (Phi) is 27.5. The van der Waals surface area contributed by atoms with Gasteiger partial charge in [-0.25, -0.2) is 0 Å². The highest BCUT2D eigenvalue weighted by atomic mass is 16.4. The van der Waals surface area contributed by atoms with Crippen LogP contribution in [-0.2, 0) is 71.9 Å². The maximum atomic E-state index is 13.0. The Morgan fingerprint density at radius 3 is 0.392 bits per heavy atom. The summed E-state index contributed by atoms with van der Waals surface area (Å²) in [5.41, 5.74) is 0. The van der Waals surface area contributed by atoms with Gasteiger partial charge in [0, 0.05) is 106 Å². The molecular weight excluding hydrogens is 981 g/mol. The van der Waals surface area contributed by atoms with Crippen LogP contribution in [0.4, 0.5) is 0 Å². The third-order valence-corrected chi connectivity index (χ3v) is 11.3. The van der Waals surface area contributed by atoms with Crippen LogP contribution >= 0.6 is 0 Å². The molecule has 14 amide bonds. The van der Waals surface area contributed by atoms with Crippen molar-refractivity contribution in [3.8, 4) is 0 Å². The predicted octanol–water partition coefficient (Wildman–Crippen LogP) is -7.49. The minimum absolute atomic E-state index is 0.239. The molecule has 0 spiro atoms. The van der Waals surface area contributed by atoms with Crippen LogP contribution in [0.3, 0.4) is 0 Å². The lowest BCUT2D eigenvalue weighted by Gasteiger charge is -2.28. The molecule has 0 radical (unpaired) electrons. The zero-order chi connectivity index (χ0) is 57.6. The number of nitrogens with zero attached hydrogens (tertiary/aromatic N) is 14. The van der Waals surface area contributed by atoms with Crippen LogP contribution in [0, 0.1) is 0 Å². The topological polar surface area (TPSA) is 322 Å². The van der Waals surface area contributed by atoms with E-state index in [-0.39, 0.29) is 19.0 Å². The third kappa shape index (κ3) is 23.5. The molecule has 30 heteroatoms. The second kappa shape index (κ2) is 30.8. The van der Waals surface area contributed by atoms with Crippen molar-refractivity contribution in [3.63, 3.8) is 0 Å². The molecule has 0 bridgehead atoms. The van der Waals surface area contributed by atoms with Crippen molar-refractivity contribution in [2.75, 3.05) is 190 Å². The van der Waals surface area contributed by atoms with E-state index in [2.05, 4.69) is 0 Å². The molecule has 0 aromatic carbocycles. The second-order valence-corrected chi connectivity index (χ2v) is 18.0. The first-order chi connectivity index (χ1) is 34.0. The average Bonchev–Trinajstić information content (AvgIpc) is 3.30. The summed E-state index contributed by atoms with van der Waals surface area (Å²) in [7, 11) is 18.4. The van der Waals surface area contributed by atoms with Gasteiger partial charge in [-0.05, 0) is 0 Å². The fourth-order valence-electron chi connectivity index (χ4n) is 5.67. The van der Waals surface area contributed by atoms with Crippen LogP contribution in [-0.4, -0.2) is 353 Å². The highest BCUT2D eigenvalue weighted by molar-refractivity contribution is 5.95. The molecule has 1 N–H and O–H groups in total. The van der Waals surface area contributed by atoms with E-state index in [1.165, 1.54) is 110 Å². The van der Waals surface area contributed by atoms with E-state index in [0.717, 1.165) is 63.7 Å². The number of carboxylic acids is 1. The zero-order valence-electron chi connectivity index (χ0n) is 45.2. The first-order valence-electron chi connectivity index (χ1n) is 22.6. The number of carboxylic acid groups (broad SMARTS) is 1. The van der Waals surface area contributed by atoms with Crippen molar-refractivity contribution in [1.82, 2.24) is 68.6 Å². The predicted molar refractivity (Wildman–Crippen MR) is 260 cm³/mol. The van der Waals surface area contributed by atoms with E-state index in [9.17, 15) is 71.9 Å². The summed E-state index contributed by atoms with van der Waals surface area (Å²) >= 11 is 0. The Hall–Kier alpha value is -7.95. The van der Waals surface area contributed by atoms with Gasteiger partial charge in [0.05, 0.1) is 85.1 Å². The summed E-state index contributed by atoms with van der Waals surface area (Å²) in [6.45, 7) is -5.10. The summed E-state index contributed by atoms with van der Waals surface area (Å²) in [4.78, 5) is 203. The number of rotatable bonds is 28. The molecule has 0 unspecified atom stereocenters. The average molecular weight is 1060 g/mol. The molecule has 0 aromatic heterocycles. The van der Waals surface area contributed by atoms with Crippen LogP contribution in [0.2, 0.25) is 0 Å². The molecule has 0 aliphatic carbocycles. The highest BCUT2D eigenvalue weighted by Crippen LogP contribution is 2.02. The maximum absolute atomic E-state index is 13.0. The number of amides is 14. The molecule has 416 valence electrons. The number of aliphatic carboxylic acids is 1. The van der Waals surface area contributed by atoms with E-state index >= 15 is 0 Å². The smallest absolute Gasteiger partial charge is 0.323 e. The monoisotopic (exact) mass is 1050 g/mol. The van der Waals surface area contributed by atoms with Crippen LogP contribution in [0.1, 0.15) is 6.92 Å². The van der Waals surface area contributed by atoms with Crippen molar-refractivity contribution in [2.45, 2.75) is 6.92 Å². The Morgan fingerprint density at radius 1 is 0.203 bits per heavy atom. The number of hydrogen-bond acceptors (Lipinski definition) is 15. The lowest BCUT2D eigenvalue weighted by molar-refractivity contribution is -0.147. The molecular formula is C44H74N14O16. The quantitative estimate of drug-likeness (QED) is 0.0761. The van der Waals surface area contributed by atoms with Gasteiger partial charge in [0.15, 0.2) is 0 Å². The van der Waals surface area contributed by atoms with E-state index in [1.807, 2.05) is 0 Å². The van der Waals surface area contributed by atoms with Crippen LogP contribution in [0.25, 0.3) is 0 Å². The third-order valence-electron chi connectivity index (χ3n) is 11.3. The van der Waals surface area contributed by atoms with Crippen molar-refractivity contribution >= 4 is 88.7 Å². The standard InChI is InChI=1S/C44H74N14O16/c1-30(59)45(2)16-31(60)46(3)17-32(61)47(4)18-33(62)48(5)19-34(63)49(6)20-35(64)50(7)21-36(65)51(8)22-37(66)52(9)23-38(67)53(10)24-39(68)54(11)25-40(69)55(12)26-41(70)56(13)27-42(71)57(14)28-43(72)58(15)29-44(73)74/h16-29H2,1-15H3,(H,73,74). The SMILES string of the molecule is CC(=O)N(C)CC(=O)N(C)CC(=O)N(C)CC(=O)N(C)CC(=O)N(C)CC(=O)N(C)CC(=O)N(C)CC(=O)N(C)CC(=O)N(C)CC(=O)N(C)CC(=O)N(C)CC(=O)N(C)CC(=O)N(C)CC(=O)N(C)CC(=O)O. The zero-order valence-corrected chi connectivity index (χ0v) is 45.2. The number of hydrogen-bond donors (Lipinski definition) is 1. The Bertz CT molecular complexity index is 2140. The van der Waals surface area contributed by atoms with Gasteiger partial charge in [0.25, 0.3) is 0 Å². The fourth-order valence-corrected chi connectivity index (χ4v) is 5.67. The molecule has 0 aliphatic heterocycles. The molecule has 74 heavy (non-hydrogen) atoms. The van der Waals surface area contributed by atoms with Gasteiger partial charge in [-0.15, -0.1) is 0 Å². The normalized spacial score (nSPS) is 10.4. The van der Waals surface area contributed by atoms with Crippen LogP contribution < -0.4 is 0 Å². The van der Waals surface area contributed by atoms with E-state index < -0.39 is 161 Å². The Labute approximate surface area is 430 Å². The number of carbonyl (C=O) groups is 15. The van der Waals surface area contributed by atoms with Gasteiger partial charge in [-0.1, -0.05) is 0 Å². The largest absolute Gasteiger partial charge is 0.480 e. The van der Waals surface area contributed by atoms with Gasteiger partial charge in [-0.2, -0.15) is 0 Å². The van der Waals surface area contributed by atoms with Gasteiger partial charge in [0.1, 0.15) is 6.54 Å². The minimum atomic E-state index is -1.23. The van der Waals surface area contributed by atoms with Crippen molar-refractivity contribution in [3.05, 3.63) is 0 Å². The first-order valence-corrected chi connectivity index (χ1v) is 22.6. The molecule has 0 rings (SSSR count). The van der Waals surface area contributed by atoms with Crippen molar-refractivity contribution in [2.24, 2.45) is 0 Å². The summed E-state index contributed by atoms with van der Waals surface area (Å²) < 4.78 is 0. The molecule has 0 heterocycles. The number of carbonyl (C=O) groups excluding carboxylic acids is 14. The van der Waals surface area contributed by atoms with Crippen LogP contribution in [0.5, 0.6) is 0 Å². The summed E-state index contributed by atoms with van der Waals surface area (Å²) in [5.74, 6) is -9.79. The molecule has 30 nitrogen and oxygen atoms in total. The molecule has 0 aromatic rings. The van der Waals surface area contributed by atoms with E-state index in [4.69, 9.17) is 5.11 Å². The fraction of sp³-hybridized carbons (Fsp3) is 0.659. The Balaban J connectivity index is 4.96. The van der Waals surface area contributed by atoms with Gasteiger partial charge in [-0.3, -0.25) is 71.9 Å². The van der Waals surface area contributed by atoms with Crippen molar-refractivity contribution < 1.29 is 77.0 Å². The minimum Gasteiger partial charge on any atom is -0.480 e. The number of likely N-dealkylation sites (N-methyl/N-ethyl adjacent to an activating group) is 14. The second-order valence-electron chi connectivity index (χ2n) is 18.0. The Morgan fingerprint density at radius 2 is 0.297 bits per heavy atom. The lowest BCUT2D eigenvalue weighted by Crippen LogP contribution is -2.49. The van der Waals surface area contributed by atoms with Gasteiger partial charge < -0.3 is 73.7 Å². The van der Waals surface area contributed by atoms with E-state index in [0.29, 0.717) is 0 Å². The van der Waals surface area contributed by atoms with Gasteiger partial charge >= 0.3 is 5.97 Å². The summed E-state index contributed by atoms with van der Waals surface area (Å²) in [5, 5.41) is 8.85. The van der Waals surface area contributed by atoms with Crippen molar-refractivity contribution in [1.29, 1.82) is 0 Å². The molecule has 0 atom stereocenters. The molecule has 0 fully saturated rings. The lowest BCUT2D eigenvalue weighted by atomic mass is 10.3. The van der Waals surface area contributed by atoms with Crippen LogP contribution in [0.15, 0.2) is 0 Å². The molecule has 0 aliphatic rings. The highest BCUT2D eigenvalue weighted by Gasteiger charge is 2.28. The molecule has 0 saturated carbocycles. The molecule has 0 saturated heterocycles. The first kappa shape index (κ1) is 66.0.